The molecule has 2 atom stereocenters. The molecule has 0 aliphatic rings. The third-order valence-electron chi connectivity index (χ3n) is 3.83. The summed E-state index contributed by atoms with van der Waals surface area (Å²) in [6.45, 7) is 11.1. The summed E-state index contributed by atoms with van der Waals surface area (Å²) in [5, 5.41) is 0. The van der Waals surface area contributed by atoms with Gasteiger partial charge in [0.1, 0.15) is 0 Å². The van der Waals surface area contributed by atoms with Gasteiger partial charge in [-0.15, -0.1) is 0 Å². The molecule has 1 aromatic rings. The van der Waals surface area contributed by atoms with Crippen molar-refractivity contribution in [3.05, 3.63) is 35.9 Å². The van der Waals surface area contributed by atoms with Crippen molar-refractivity contribution >= 4 is 5.97 Å². The molecule has 0 bridgehead atoms. The van der Waals surface area contributed by atoms with Gasteiger partial charge in [-0.25, -0.2) is 0 Å². The van der Waals surface area contributed by atoms with Gasteiger partial charge in [0.05, 0.1) is 13.0 Å². The van der Waals surface area contributed by atoms with Gasteiger partial charge < -0.3 is 4.74 Å². The maximum Gasteiger partial charge on any atom is 0.308 e. The van der Waals surface area contributed by atoms with Gasteiger partial charge in [0, 0.05) is 0 Å². The Hall–Kier alpha value is -1.31. The van der Waals surface area contributed by atoms with E-state index in [-0.39, 0.29) is 22.7 Å². The van der Waals surface area contributed by atoms with Crippen molar-refractivity contribution in [1.29, 1.82) is 0 Å². The van der Waals surface area contributed by atoms with E-state index in [4.69, 9.17) is 4.74 Å². The first kappa shape index (κ1) is 17.7. The number of ether oxygens (including phenoxy) is 1. The molecule has 1 rings (SSSR count). The highest BCUT2D eigenvalue weighted by Crippen LogP contribution is 2.41. The molecular formula is C19H30O2. The Balaban J connectivity index is 2.91. The van der Waals surface area contributed by atoms with Crippen molar-refractivity contribution in [2.45, 2.75) is 53.9 Å². The van der Waals surface area contributed by atoms with Crippen LogP contribution in [-0.4, -0.2) is 13.1 Å². The van der Waals surface area contributed by atoms with E-state index in [9.17, 15) is 4.79 Å². The van der Waals surface area contributed by atoms with Crippen molar-refractivity contribution < 1.29 is 9.53 Å². The minimum Gasteiger partial charge on any atom is -0.469 e. The molecule has 0 heterocycles. The predicted molar refractivity (Wildman–Crippen MR) is 88.1 cm³/mol. The summed E-state index contributed by atoms with van der Waals surface area (Å²) in [7, 11) is 1.47. The first-order valence-corrected chi connectivity index (χ1v) is 7.77. The van der Waals surface area contributed by atoms with Crippen LogP contribution in [0.5, 0.6) is 0 Å². The lowest BCUT2D eigenvalue weighted by Crippen LogP contribution is -2.30. The van der Waals surface area contributed by atoms with E-state index >= 15 is 0 Å². The van der Waals surface area contributed by atoms with E-state index in [2.05, 4.69) is 52.0 Å². The van der Waals surface area contributed by atoms with E-state index < -0.39 is 0 Å². The number of hydrogen-bond donors (Lipinski definition) is 0. The number of esters is 1. The predicted octanol–water partition coefficient (Wildman–Crippen LogP) is 4.87. The molecule has 0 radical (unpaired) electrons. The lowest BCUT2D eigenvalue weighted by atomic mass is 9.68. The molecule has 0 aromatic heterocycles. The highest BCUT2D eigenvalue weighted by atomic mass is 16.5. The second kappa shape index (κ2) is 7.11. The number of methoxy groups -OCH3 is 1. The van der Waals surface area contributed by atoms with Gasteiger partial charge >= 0.3 is 5.97 Å². The number of benzene rings is 1. The van der Waals surface area contributed by atoms with E-state index in [1.807, 2.05) is 13.0 Å². The van der Waals surface area contributed by atoms with Gasteiger partial charge in [0.25, 0.3) is 0 Å². The average molecular weight is 290 g/mol. The summed E-state index contributed by atoms with van der Waals surface area (Å²) >= 11 is 0. The summed E-state index contributed by atoms with van der Waals surface area (Å²) in [5.74, 6) is -0.172. The van der Waals surface area contributed by atoms with Crippen LogP contribution in [0.15, 0.2) is 30.3 Å². The SMILES string of the molecule is COC(=O)C(C)CC(C)(Cc1ccccc1)CC(C)(C)C. The van der Waals surface area contributed by atoms with Crippen LogP contribution in [0.2, 0.25) is 0 Å². The van der Waals surface area contributed by atoms with E-state index in [0.717, 1.165) is 19.3 Å². The van der Waals surface area contributed by atoms with Gasteiger partial charge in [-0.3, -0.25) is 4.79 Å². The van der Waals surface area contributed by atoms with Crippen LogP contribution in [0.4, 0.5) is 0 Å². The van der Waals surface area contributed by atoms with Crippen LogP contribution in [-0.2, 0) is 16.0 Å². The highest BCUT2D eigenvalue weighted by molar-refractivity contribution is 5.71. The molecule has 1 aromatic carbocycles. The third-order valence-corrected chi connectivity index (χ3v) is 3.83. The molecule has 0 saturated carbocycles. The van der Waals surface area contributed by atoms with Gasteiger partial charge in [-0.1, -0.05) is 65.0 Å². The van der Waals surface area contributed by atoms with E-state index in [1.54, 1.807) is 0 Å². The molecule has 21 heavy (non-hydrogen) atoms. The van der Waals surface area contributed by atoms with E-state index in [0.29, 0.717) is 0 Å². The molecule has 0 N–H and O–H groups in total. The van der Waals surface area contributed by atoms with E-state index in [1.165, 1.54) is 12.7 Å². The molecule has 2 unspecified atom stereocenters. The summed E-state index contributed by atoms with van der Waals surface area (Å²) in [5.41, 5.74) is 1.66. The van der Waals surface area contributed by atoms with Crippen molar-refractivity contribution in [2.24, 2.45) is 16.7 Å². The summed E-state index contributed by atoms with van der Waals surface area (Å²) in [6, 6.07) is 10.5. The topological polar surface area (TPSA) is 26.3 Å². The van der Waals surface area contributed by atoms with Crippen molar-refractivity contribution in [1.82, 2.24) is 0 Å². The van der Waals surface area contributed by atoms with Crippen molar-refractivity contribution in [3.63, 3.8) is 0 Å². The second-order valence-electron chi connectivity index (χ2n) is 7.84. The minimum absolute atomic E-state index is 0.0638. The molecule has 0 aliphatic heterocycles. The van der Waals surface area contributed by atoms with Crippen LogP contribution < -0.4 is 0 Å². The van der Waals surface area contributed by atoms with Gasteiger partial charge in [0.15, 0.2) is 0 Å². The number of rotatable bonds is 6. The van der Waals surface area contributed by atoms with Crippen LogP contribution in [0.3, 0.4) is 0 Å². The average Bonchev–Trinajstić information content (AvgIpc) is 2.36. The quantitative estimate of drug-likeness (QED) is 0.699. The lowest BCUT2D eigenvalue weighted by molar-refractivity contribution is -0.146. The molecule has 0 amide bonds. The van der Waals surface area contributed by atoms with Crippen LogP contribution in [0.1, 0.15) is 53.0 Å². The maximum absolute atomic E-state index is 11.8. The lowest BCUT2D eigenvalue weighted by Gasteiger charge is -2.37. The molecule has 0 spiro atoms. The minimum atomic E-state index is -0.108. The Labute approximate surface area is 129 Å². The summed E-state index contributed by atoms with van der Waals surface area (Å²) in [4.78, 5) is 11.8. The fourth-order valence-corrected chi connectivity index (χ4v) is 3.60. The molecular weight excluding hydrogens is 260 g/mol. The standard InChI is InChI=1S/C19H30O2/c1-15(17(20)21-6)12-19(5,14-18(2,3)4)13-16-10-8-7-9-11-16/h7-11,15H,12-14H2,1-6H3. The summed E-state index contributed by atoms with van der Waals surface area (Å²) < 4.78 is 4.90. The fraction of sp³-hybridized carbons (Fsp3) is 0.632. The molecule has 0 aliphatic carbocycles. The third kappa shape index (κ3) is 6.33. The molecule has 2 heteroatoms. The molecule has 2 nitrogen and oxygen atoms in total. The number of carbonyl (C=O) groups excluding carboxylic acids is 1. The zero-order valence-corrected chi connectivity index (χ0v) is 14.4. The van der Waals surface area contributed by atoms with Gasteiger partial charge in [-0.05, 0) is 35.7 Å². The van der Waals surface area contributed by atoms with Crippen LogP contribution in [0, 0.1) is 16.7 Å². The zero-order valence-electron chi connectivity index (χ0n) is 14.4. The second-order valence-corrected chi connectivity index (χ2v) is 7.84. The normalized spacial score (nSPS) is 16.1. The Morgan fingerprint density at radius 1 is 1.14 bits per heavy atom. The first-order valence-electron chi connectivity index (χ1n) is 7.77. The molecule has 118 valence electrons. The summed E-state index contributed by atoms with van der Waals surface area (Å²) in [6.07, 6.45) is 2.93. The monoisotopic (exact) mass is 290 g/mol. The van der Waals surface area contributed by atoms with Crippen molar-refractivity contribution in [3.8, 4) is 0 Å². The number of hydrogen-bond acceptors (Lipinski definition) is 2. The Morgan fingerprint density at radius 3 is 2.19 bits per heavy atom. The maximum atomic E-state index is 11.8. The molecule has 0 fully saturated rings. The van der Waals surface area contributed by atoms with Gasteiger partial charge in [0.2, 0.25) is 0 Å². The Kier molecular flexibility index (Phi) is 6.00. The van der Waals surface area contributed by atoms with Crippen LogP contribution in [0.25, 0.3) is 0 Å². The van der Waals surface area contributed by atoms with Crippen molar-refractivity contribution in [2.75, 3.05) is 7.11 Å². The first-order chi connectivity index (χ1) is 9.65. The zero-order chi connectivity index (χ0) is 16.1. The largest absolute Gasteiger partial charge is 0.469 e. The fourth-order valence-electron chi connectivity index (χ4n) is 3.60. The van der Waals surface area contributed by atoms with Crippen LogP contribution >= 0.6 is 0 Å². The molecule has 0 saturated heterocycles. The smallest absolute Gasteiger partial charge is 0.308 e. The highest BCUT2D eigenvalue weighted by Gasteiger charge is 2.33. The van der Waals surface area contributed by atoms with Gasteiger partial charge in [-0.2, -0.15) is 0 Å². The Morgan fingerprint density at radius 2 is 1.71 bits per heavy atom. The Bertz CT molecular complexity index is 444. The number of carbonyl (C=O) groups is 1.